The Balaban J connectivity index is 2.31. The summed E-state index contributed by atoms with van der Waals surface area (Å²) in [4.78, 5) is 11.0. The number of hydrogen-bond donors (Lipinski definition) is 2. The topological polar surface area (TPSA) is 66.8 Å². The minimum absolute atomic E-state index is 0.193. The zero-order valence-corrected chi connectivity index (χ0v) is 9.13. The van der Waals surface area contributed by atoms with Crippen molar-refractivity contribution in [2.45, 2.75) is 19.3 Å². The summed E-state index contributed by atoms with van der Waals surface area (Å²) in [6.45, 7) is 0.690. The number of hydrogen-bond acceptors (Lipinski definition) is 4. The second kappa shape index (κ2) is 6.42. The van der Waals surface area contributed by atoms with Crippen molar-refractivity contribution in [2.75, 3.05) is 13.2 Å². The van der Waals surface area contributed by atoms with Crippen molar-refractivity contribution < 1.29 is 19.7 Å². The Morgan fingerprint density at radius 3 is 2.87 bits per heavy atom. The van der Waals surface area contributed by atoms with Crippen LogP contribution in [0.4, 0.5) is 0 Å². The summed E-state index contributed by atoms with van der Waals surface area (Å²) in [5.41, 5.74) is 0. The van der Waals surface area contributed by atoms with Crippen LogP contribution >= 0.6 is 11.3 Å². The van der Waals surface area contributed by atoms with Crippen LogP contribution in [-0.2, 0) is 0 Å². The molecule has 0 saturated heterocycles. The van der Waals surface area contributed by atoms with Crippen molar-refractivity contribution in [3.63, 3.8) is 0 Å². The van der Waals surface area contributed by atoms with Gasteiger partial charge >= 0.3 is 5.97 Å². The molecule has 0 aliphatic rings. The van der Waals surface area contributed by atoms with Gasteiger partial charge in [0.2, 0.25) is 0 Å². The van der Waals surface area contributed by atoms with Crippen LogP contribution in [0.25, 0.3) is 0 Å². The summed E-state index contributed by atoms with van der Waals surface area (Å²) in [6, 6.07) is 1.67. The Morgan fingerprint density at radius 2 is 2.20 bits per heavy atom. The van der Waals surface area contributed by atoms with E-state index in [1.54, 1.807) is 11.4 Å². The molecule has 0 saturated carbocycles. The Labute approximate surface area is 92.1 Å². The molecule has 0 aliphatic carbocycles. The molecule has 1 heterocycles. The van der Waals surface area contributed by atoms with E-state index in [0.717, 1.165) is 30.6 Å². The summed E-state index contributed by atoms with van der Waals surface area (Å²) in [5, 5.41) is 19.0. The quantitative estimate of drug-likeness (QED) is 0.703. The summed E-state index contributed by atoms with van der Waals surface area (Å²) < 4.78 is 5.33. The Morgan fingerprint density at radius 1 is 1.40 bits per heavy atom. The number of carboxylic acid groups (broad SMARTS) is 1. The van der Waals surface area contributed by atoms with Gasteiger partial charge in [-0.2, -0.15) is 0 Å². The van der Waals surface area contributed by atoms with Crippen LogP contribution in [0.1, 0.15) is 28.9 Å². The van der Waals surface area contributed by atoms with Gasteiger partial charge in [-0.3, -0.25) is 0 Å². The third-order valence-corrected chi connectivity index (χ3v) is 2.77. The summed E-state index contributed by atoms with van der Waals surface area (Å²) in [6.07, 6.45) is 2.48. The van der Waals surface area contributed by atoms with Gasteiger partial charge in [0, 0.05) is 6.61 Å². The lowest BCUT2D eigenvalue weighted by Gasteiger charge is -2.04. The van der Waals surface area contributed by atoms with E-state index in [9.17, 15) is 4.79 Å². The Hall–Kier alpha value is -1.07. The summed E-state index contributed by atoms with van der Waals surface area (Å²) in [5.74, 6) is -0.508. The van der Waals surface area contributed by atoms with E-state index in [1.165, 1.54) is 0 Å². The van der Waals surface area contributed by atoms with Gasteiger partial charge in [-0.05, 0) is 30.7 Å². The number of aliphatic hydroxyl groups excluding tert-OH is 1. The summed E-state index contributed by atoms with van der Waals surface area (Å²) >= 11 is 1.16. The molecule has 1 rings (SSSR count). The molecular formula is C10H14O4S. The molecule has 0 aliphatic heterocycles. The first-order valence-corrected chi connectivity index (χ1v) is 5.68. The monoisotopic (exact) mass is 230 g/mol. The SMILES string of the molecule is O=C(O)c1sccc1OCCCCCO. The van der Waals surface area contributed by atoms with Crippen LogP contribution in [0.5, 0.6) is 5.75 Å². The normalized spacial score (nSPS) is 10.2. The van der Waals surface area contributed by atoms with Crippen LogP contribution in [0.3, 0.4) is 0 Å². The number of aliphatic hydroxyl groups is 1. The second-order valence-corrected chi connectivity index (χ2v) is 3.97. The Kier molecular flexibility index (Phi) is 5.14. The fourth-order valence-corrected chi connectivity index (χ4v) is 1.81. The fraction of sp³-hybridized carbons (Fsp3) is 0.500. The molecule has 0 atom stereocenters. The molecule has 5 heteroatoms. The van der Waals surface area contributed by atoms with Crippen LogP contribution in [-0.4, -0.2) is 29.4 Å². The number of unbranched alkanes of at least 4 members (excludes halogenated alkanes) is 2. The standard InChI is InChI=1S/C10H14O4S/c11-5-2-1-3-6-14-8-4-7-15-9(8)10(12)13/h4,7,11H,1-3,5-6H2,(H,12,13). The largest absolute Gasteiger partial charge is 0.492 e. The average molecular weight is 230 g/mol. The van der Waals surface area contributed by atoms with Gasteiger partial charge in [-0.15, -0.1) is 11.3 Å². The molecule has 84 valence electrons. The number of thiophene rings is 1. The molecule has 1 aromatic heterocycles. The van der Waals surface area contributed by atoms with E-state index in [2.05, 4.69) is 0 Å². The van der Waals surface area contributed by atoms with Gasteiger partial charge in [-0.1, -0.05) is 0 Å². The highest BCUT2D eigenvalue weighted by Crippen LogP contribution is 2.24. The molecule has 0 amide bonds. The highest BCUT2D eigenvalue weighted by molar-refractivity contribution is 7.12. The Bertz CT molecular complexity index is 308. The molecule has 0 bridgehead atoms. The highest BCUT2D eigenvalue weighted by Gasteiger charge is 2.12. The van der Waals surface area contributed by atoms with Crippen molar-refractivity contribution in [1.82, 2.24) is 0 Å². The smallest absolute Gasteiger partial charge is 0.349 e. The van der Waals surface area contributed by atoms with Crippen LogP contribution in [0.2, 0.25) is 0 Å². The highest BCUT2D eigenvalue weighted by atomic mass is 32.1. The molecule has 0 fully saturated rings. The third kappa shape index (κ3) is 3.89. The van der Waals surface area contributed by atoms with Crippen molar-refractivity contribution in [2.24, 2.45) is 0 Å². The molecule has 0 aromatic carbocycles. The number of carboxylic acids is 1. The zero-order chi connectivity index (χ0) is 11.1. The van der Waals surface area contributed by atoms with Crippen molar-refractivity contribution in [3.8, 4) is 5.75 Å². The fourth-order valence-electron chi connectivity index (χ4n) is 1.14. The van der Waals surface area contributed by atoms with Gasteiger partial charge in [-0.25, -0.2) is 4.79 Å². The first-order chi connectivity index (χ1) is 7.25. The van der Waals surface area contributed by atoms with Gasteiger partial charge in [0.05, 0.1) is 6.61 Å². The predicted octanol–water partition coefficient (Wildman–Crippen LogP) is 1.99. The number of ether oxygens (including phenoxy) is 1. The van der Waals surface area contributed by atoms with Gasteiger partial charge in [0.15, 0.2) is 4.88 Å². The third-order valence-electron chi connectivity index (χ3n) is 1.88. The molecule has 0 spiro atoms. The van der Waals surface area contributed by atoms with Gasteiger partial charge < -0.3 is 14.9 Å². The van der Waals surface area contributed by atoms with E-state index in [1.807, 2.05) is 0 Å². The second-order valence-electron chi connectivity index (χ2n) is 3.05. The van der Waals surface area contributed by atoms with E-state index in [-0.39, 0.29) is 11.5 Å². The van der Waals surface area contributed by atoms with E-state index in [4.69, 9.17) is 14.9 Å². The maximum absolute atomic E-state index is 10.7. The molecule has 1 aromatic rings. The number of aromatic carboxylic acids is 1. The molecule has 0 unspecified atom stereocenters. The lowest BCUT2D eigenvalue weighted by molar-refractivity contribution is 0.0698. The van der Waals surface area contributed by atoms with Crippen molar-refractivity contribution >= 4 is 17.3 Å². The summed E-state index contributed by atoms with van der Waals surface area (Å²) in [7, 11) is 0. The predicted molar refractivity (Wildman–Crippen MR) is 57.7 cm³/mol. The van der Waals surface area contributed by atoms with Crippen molar-refractivity contribution in [1.29, 1.82) is 0 Å². The lowest BCUT2D eigenvalue weighted by atomic mass is 10.2. The minimum Gasteiger partial charge on any atom is -0.492 e. The maximum Gasteiger partial charge on any atom is 0.349 e. The van der Waals surface area contributed by atoms with Crippen LogP contribution in [0, 0.1) is 0 Å². The number of rotatable bonds is 7. The maximum atomic E-state index is 10.7. The average Bonchev–Trinajstić information content (AvgIpc) is 2.66. The van der Waals surface area contributed by atoms with Gasteiger partial charge in [0.1, 0.15) is 5.75 Å². The zero-order valence-electron chi connectivity index (χ0n) is 8.31. The molecular weight excluding hydrogens is 216 g/mol. The van der Waals surface area contributed by atoms with Crippen LogP contribution in [0.15, 0.2) is 11.4 Å². The molecule has 4 nitrogen and oxygen atoms in total. The first-order valence-electron chi connectivity index (χ1n) is 4.80. The van der Waals surface area contributed by atoms with E-state index in [0.29, 0.717) is 12.4 Å². The molecule has 0 radical (unpaired) electrons. The lowest BCUT2D eigenvalue weighted by Crippen LogP contribution is -2.01. The first kappa shape index (κ1) is 12.0. The van der Waals surface area contributed by atoms with E-state index >= 15 is 0 Å². The minimum atomic E-state index is -0.949. The molecule has 2 N–H and O–H groups in total. The molecule has 15 heavy (non-hydrogen) atoms. The van der Waals surface area contributed by atoms with Crippen LogP contribution < -0.4 is 4.74 Å². The van der Waals surface area contributed by atoms with E-state index < -0.39 is 5.97 Å². The number of carbonyl (C=O) groups is 1. The van der Waals surface area contributed by atoms with Gasteiger partial charge in [0.25, 0.3) is 0 Å². The van der Waals surface area contributed by atoms with Crippen molar-refractivity contribution in [3.05, 3.63) is 16.3 Å².